The van der Waals surface area contributed by atoms with Gasteiger partial charge in [-0.3, -0.25) is 20.0 Å². The number of amides is 1. The molecule has 2 N–H and O–H groups in total. The van der Waals surface area contributed by atoms with Gasteiger partial charge in [0.15, 0.2) is 5.76 Å². The van der Waals surface area contributed by atoms with Crippen molar-refractivity contribution in [1.82, 2.24) is 25.6 Å². The fourth-order valence-corrected chi connectivity index (χ4v) is 3.74. The number of nitrogens with one attached hydrogen (secondary N) is 2. The molecule has 1 amide bonds. The third-order valence-electron chi connectivity index (χ3n) is 5.33. The van der Waals surface area contributed by atoms with Crippen LogP contribution in [0.15, 0.2) is 47.0 Å². The second-order valence-electron chi connectivity index (χ2n) is 7.33. The average Bonchev–Trinajstić information content (AvgIpc) is 3.55. The van der Waals surface area contributed by atoms with E-state index in [1.165, 1.54) is 24.1 Å². The zero-order valence-electron chi connectivity index (χ0n) is 17.9. The van der Waals surface area contributed by atoms with Gasteiger partial charge < -0.3 is 19.4 Å². The number of rotatable bonds is 6. The van der Waals surface area contributed by atoms with Crippen molar-refractivity contribution >= 4 is 34.8 Å². The Hall–Kier alpha value is -4.13. The van der Waals surface area contributed by atoms with Gasteiger partial charge in [-0.05, 0) is 41.9 Å². The van der Waals surface area contributed by atoms with Crippen molar-refractivity contribution in [3.05, 3.63) is 81.1 Å². The number of H-pyrrole nitrogens is 1. The second-order valence-corrected chi connectivity index (χ2v) is 7.70. The summed E-state index contributed by atoms with van der Waals surface area (Å²) in [5.41, 5.74) is 2.24. The van der Waals surface area contributed by atoms with Crippen molar-refractivity contribution < 1.29 is 23.3 Å². The number of thiocarbonyl (C=S) groups is 1. The molecule has 0 saturated carbocycles. The predicted octanol–water partition coefficient (Wildman–Crippen LogP) is 2.98. The van der Waals surface area contributed by atoms with Crippen molar-refractivity contribution in [1.29, 1.82) is 0 Å². The van der Waals surface area contributed by atoms with Gasteiger partial charge in [0.2, 0.25) is 0 Å². The topological polar surface area (TPSA) is 139 Å². The first-order valence-electron chi connectivity index (χ1n) is 10.1. The van der Waals surface area contributed by atoms with Gasteiger partial charge in [-0.1, -0.05) is 23.4 Å². The number of aromatic nitrogens is 3. The van der Waals surface area contributed by atoms with Crippen LogP contribution in [-0.2, 0) is 4.74 Å². The van der Waals surface area contributed by atoms with Crippen molar-refractivity contribution in [2.24, 2.45) is 0 Å². The smallest absolute Gasteiger partial charge is 0.433 e. The highest BCUT2D eigenvalue weighted by molar-refractivity contribution is 7.80. The summed E-state index contributed by atoms with van der Waals surface area (Å²) in [5.74, 6) is -1.51. The number of hydrogen-bond donors (Lipinski definition) is 2. The van der Waals surface area contributed by atoms with Crippen LogP contribution in [0.3, 0.4) is 0 Å². The molecule has 0 radical (unpaired) electrons. The lowest BCUT2D eigenvalue weighted by Gasteiger charge is -2.26. The third-order valence-corrected chi connectivity index (χ3v) is 5.61. The Morgan fingerprint density at radius 1 is 1.41 bits per heavy atom. The number of halogens is 1. The molecule has 1 atom stereocenters. The van der Waals surface area contributed by atoms with E-state index in [1.54, 1.807) is 24.4 Å². The molecule has 4 rings (SSSR count). The molecule has 1 aliphatic heterocycles. The molecule has 0 bridgehead atoms. The molecule has 13 heteroatoms. The standard InChI is InChI=1S/C21H19FN6O5S/c1-32-21(34)24-19(16-11-23-26-25-16)13-2-3-14(15(22)10-13)12-6-8-27(9-7-12)20(29)17-4-5-18(33-17)28(30)31/h2-6,10-11,19H,7-9H2,1H3,(H,24,34)(H,23,25,26). The Kier molecular flexibility index (Phi) is 6.63. The van der Waals surface area contributed by atoms with Gasteiger partial charge in [0.05, 0.1) is 13.2 Å². The first-order valence-corrected chi connectivity index (χ1v) is 10.5. The van der Waals surface area contributed by atoms with Crippen LogP contribution in [0, 0.1) is 15.9 Å². The third kappa shape index (κ3) is 4.78. The maximum atomic E-state index is 15.1. The summed E-state index contributed by atoms with van der Waals surface area (Å²) in [6.45, 7) is 0.528. The average molecular weight is 486 g/mol. The molecule has 3 heterocycles. The Balaban J connectivity index is 1.50. The first kappa shape index (κ1) is 23.0. The summed E-state index contributed by atoms with van der Waals surface area (Å²) in [4.78, 5) is 24.1. The monoisotopic (exact) mass is 486 g/mol. The number of ether oxygens (including phenoxy) is 1. The normalized spacial score (nSPS) is 14.3. The van der Waals surface area contributed by atoms with E-state index in [1.807, 2.05) is 0 Å². The van der Waals surface area contributed by atoms with E-state index < -0.39 is 28.6 Å². The minimum Gasteiger partial charge on any atom is -0.474 e. The maximum Gasteiger partial charge on any atom is 0.433 e. The Morgan fingerprint density at radius 3 is 2.82 bits per heavy atom. The number of benzene rings is 1. The number of aromatic amines is 1. The highest BCUT2D eigenvalue weighted by Gasteiger charge is 2.26. The molecule has 2 aromatic heterocycles. The van der Waals surface area contributed by atoms with E-state index >= 15 is 4.39 Å². The van der Waals surface area contributed by atoms with E-state index in [2.05, 4.69) is 20.7 Å². The van der Waals surface area contributed by atoms with Crippen LogP contribution in [0.4, 0.5) is 10.3 Å². The fraction of sp³-hybridized carbons (Fsp3) is 0.238. The fourth-order valence-electron chi connectivity index (χ4n) is 3.62. The summed E-state index contributed by atoms with van der Waals surface area (Å²) >= 11 is 5.08. The summed E-state index contributed by atoms with van der Waals surface area (Å²) in [5, 5.41) is 24.1. The van der Waals surface area contributed by atoms with E-state index in [9.17, 15) is 14.9 Å². The van der Waals surface area contributed by atoms with Gasteiger partial charge in [-0.25, -0.2) is 4.39 Å². The highest BCUT2D eigenvalue weighted by Crippen LogP contribution is 2.29. The van der Waals surface area contributed by atoms with Crippen LogP contribution in [0.2, 0.25) is 0 Å². The number of nitro groups is 1. The van der Waals surface area contributed by atoms with Crippen molar-refractivity contribution in [2.45, 2.75) is 12.5 Å². The number of furan rings is 1. The zero-order chi connectivity index (χ0) is 24.2. The minimum atomic E-state index is -0.705. The summed E-state index contributed by atoms with van der Waals surface area (Å²) < 4.78 is 25.1. The SMILES string of the molecule is COC(=S)NC(c1ccc(C2=CCN(C(=O)c3ccc([N+](=O)[O-])o3)CC2)c(F)c1)c1c[nH]nn1. The number of hydrogen-bond acceptors (Lipinski definition) is 8. The van der Waals surface area contributed by atoms with Crippen LogP contribution >= 0.6 is 12.2 Å². The lowest BCUT2D eigenvalue weighted by molar-refractivity contribution is -0.402. The molecule has 0 spiro atoms. The van der Waals surface area contributed by atoms with Crippen LogP contribution in [0.25, 0.3) is 5.57 Å². The van der Waals surface area contributed by atoms with Crippen molar-refractivity contribution in [3.8, 4) is 0 Å². The molecule has 34 heavy (non-hydrogen) atoms. The summed E-state index contributed by atoms with van der Waals surface area (Å²) in [6.07, 6.45) is 3.73. The van der Waals surface area contributed by atoms with E-state index in [4.69, 9.17) is 21.4 Å². The Labute approximate surface area is 197 Å². The summed E-state index contributed by atoms with van der Waals surface area (Å²) in [7, 11) is 1.43. The van der Waals surface area contributed by atoms with Crippen molar-refractivity contribution in [2.75, 3.05) is 20.2 Å². The van der Waals surface area contributed by atoms with Crippen molar-refractivity contribution in [3.63, 3.8) is 0 Å². The largest absolute Gasteiger partial charge is 0.474 e. The molecule has 176 valence electrons. The van der Waals surface area contributed by atoms with Gasteiger partial charge in [-0.15, -0.1) is 5.10 Å². The minimum absolute atomic E-state index is 0.112. The molecule has 1 unspecified atom stereocenters. The zero-order valence-corrected chi connectivity index (χ0v) is 18.7. The molecule has 3 aromatic rings. The summed E-state index contributed by atoms with van der Waals surface area (Å²) in [6, 6.07) is 6.64. The quantitative estimate of drug-likeness (QED) is 0.306. The lowest BCUT2D eigenvalue weighted by Crippen LogP contribution is -2.34. The molecule has 0 saturated heterocycles. The molecule has 1 aliphatic rings. The van der Waals surface area contributed by atoms with E-state index in [0.717, 1.165) is 11.6 Å². The number of nitrogens with zero attached hydrogens (tertiary/aromatic N) is 4. The number of carbonyl (C=O) groups is 1. The van der Waals surface area contributed by atoms with Crippen LogP contribution in [-0.4, -0.2) is 56.5 Å². The molecule has 0 fully saturated rings. The van der Waals surface area contributed by atoms with Gasteiger partial charge in [-0.2, -0.15) is 0 Å². The highest BCUT2D eigenvalue weighted by atomic mass is 32.1. The lowest BCUT2D eigenvalue weighted by atomic mass is 9.95. The van der Waals surface area contributed by atoms with E-state index in [0.29, 0.717) is 29.8 Å². The van der Waals surface area contributed by atoms with Gasteiger partial charge in [0, 0.05) is 24.8 Å². The van der Waals surface area contributed by atoms with Crippen LogP contribution in [0.5, 0.6) is 0 Å². The molecule has 11 nitrogen and oxygen atoms in total. The van der Waals surface area contributed by atoms with Gasteiger partial charge in [0.1, 0.15) is 22.5 Å². The predicted molar refractivity (Wildman–Crippen MR) is 121 cm³/mol. The number of methoxy groups -OCH3 is 1. The Morgan fingerprint density at radius 2 is 2.24 bits per heavy atom. The maximum absolute atomic E-state index is 15.1. The number of carbonyl (C=O) groups excluding carboxylic acids is 1. The van der Waals surface area contributed by atoms with Gasteiger partial charge in [0.25, 0.3) is 11.1 Å². The molecule has 0 aliphatic carbocycles. The van der Waals surface area contributed by atoms with Gasteiger partial charge >= 0.3 is 5.88 Å². The molecular formula is C21H19FN6O5S. The second kappa shape index (κ2) is 9.79. The van der Waals surface area contributed by atoms with E-state index in [-0.39, 0.29) is 17.5 Å². The molecule has 1 aromatic carbocycles. The Bertz CT molecular complexity index is 1260. The molecular weight excluding hydrogens is 467 g/mol. The van der Waals surface area contributed by atoms with Crippen LogP contribution < -0.4 is 5.32 Å². The van der Waals surface area contributed by atoms with Crippen LogP contribution in [0.1, 0.15) is 39.8 Å². The first-order chi connectivity index (χ1) is 16.4.